The Kier molecular flexibility index (Phi) is 2.40. The molecule has 0 unspecified atom stereocenters. The van der Waals surface area contributed by atoms with Crippen molar-refractivity contribution in [3.8, 4) is 0 Å². The molecule has 0 amide bonds. The second-order valence-corrected chi connectivity index (χ2v) is 3.43. The van der Waals surface area contributed by atoms with Crippen molar-refractivity contribution >= 4 is 5.95 Å². The highest BCUT2D eigenvalue weighted by Crippen LogP contribution is 2.11. The summed E-state index contributed by atoms with van der Waals surface area (Å²) >= 11 is 0. The summed E-state index contributed by atoms with van der Waals surface area (Å²) in [4.78, 5) is 10.3. The number of nitrogen functional groups attached to an aromatic ring is 1. The Morgan fingerprint density at radius 3 is 2.46 bits per heavy atom. The van der Waals surface area contributed by atoms with Crippen molar-refractivity contribution < 1.29 is 0 Å². The van der Waals surface area contributed by atoms with E-state index in [9.17, 15) is 0 Å². The number of hydrogen-bond acceptors (Lipinski definition) is 4. The van der Waals surface area contributed by atoms with Gasteiger partial charge in [0.25, 0.3) is 0 Å². The second kappa shape index (κ2) is 3.70. The van der Waals surface area contributed by atoms with E-state index in [1.807, 2.05) is 0 Å². The molecule has 2 heterocycles. The van der Waals surface area contributed by atoms with Crippen molar-refractivity contribution in [2.45, 2.75) is 19.4 Å². The van der Waals surface area contributed by atoms with Crippen LogP contribution in [0.15, 0.2) is 12.4 Å². The lowest BCUT2D eigenvalue weighted by atomic mass is 10.3. The number of hydrogen-bond donors (Lipinski definition) is 1. The Morgan fingerprint density at radius 1 is 1.23 bits per heavy atom. The zero-order valence-corrected chi connectivity index (χ0v) is 7.61. The van der Waals surface area contributed by atoms with Crippen molar-refractivity contribution in [2.24, 2.45) is 0 Å². The van der Waals surface area contributed by atoms with Gasteiger partial charge in [0.1, 0.15) is 0 Å². The van der Waals surface area contributed by atoms with Crippen LogP contribution in [0.2, 0.25) is 0 Å². The summed E-state index contributed by atoms with van der Waals surface area (Å²) in [5, 5.41) is 0. The molecule has 0 aliphatic carbocycles. The second-order valence-electron chi connectivity index (χ2n) is 3.43. The standard InChI is InChI=1S/C9H14N4/c10-9-11-5-8(6-12-9)7-13-3-1-2-4-13/h5-6H,1-4,7H2,(H2,10,11,12). The largest absolute Gasteiger partial charge is 0.368 e. The van der Waals surface area contributed by atoms with Crippen LogP contribution < -0.4 is 5.73 Å². The molecule has 13 heavy (non-hydrogen) atoms. The molecule has 0 aromatic carbocycles. The van der Waals surface area contributed by atoms with Crippen molar-refractivity contribution in [2.75, 3.05) is 18.8 Å². The third kappa shape index (κ3) is 2.15. The molecule has 1 aromatic heterocycles. The van der Waals surface area contributed by atoms with E-state index in [4.69, 9.17) is 5.73 Å². The maximum absolute atomic E-state index is 5.40. The molecule has 1 saturated heterocycles. The molecule has 2 rings (SSSR count). The predicted octanol–water partition coefficient (Wildman–Crippen LogP) is 0.655. The maximum Gasteiger partial charge on any atom is 0.219 e. The first-order valence-electron chi connectivity index (χ1n) is 4.63. The van der Waals surface area contributed by atoms with Gasteiger partial charge >= 0.3 is 0 Å². The van der Waals surface area contributed by atoms with E-state index in [0.717, 1.165) is 12.1 Å². The van der Waals surface area contributed by atoms with Gasteiger partial charge in [0.15, 0.2) is 0 Å². The van der Waals surface area contributed by atoms with Gasteiger partial charge in [-0.05, 0) is 25.9 Å². The van der Waals surface area contributed by atoms with E-state index in [2.05, 4.69) is 14.9 Å². The molecule has 2 N–H and O–H groups in total. The van der Waals surface area contributed by atoms with Gasteiger partial charge in [-0.2, -0.15) is 0 Å². The first-order chi connectivity index (χ1) is 6.34. The summed E-state index contributed by atoms with van der Waals surface area (Å²) in [5.41, 5.74) is 6.55. The summed E-state index contributed by atoms with van der Waals surface area (Å²) in [6.45, 7) is 3.36. The fourth-order valence-electron chi connectivity index (χ4n) is 1.65. The zero-order chi connectivity index (χ0) is 9.10. The number of nitrogens with zero attached hydrogens (tertiary/aromatic N) is 3. The number of likely N-dealkylation sites (tertiary alicyclic amines) is 1. The molecule has 0 saturated carbocycles. The Balaban J connectivity index is 1.97. The summed E-state index contributed by atoms with van der Waals surface area (Å²) < 4.78 is 0. The fourth-order valence-corrected chi connectivity index (χ4v) is 1.65. The molecule has 0 radical (unpaired) electrons. The van der Waals surface area contributed by atoms with Gasteiger partial charge in [0.05, 0.1) is 0 Å². The number of aromatic nitrogens is 2. The van der Waals surface area contributed by atoms with Gasteiger partial charge in [-0.25, -0.2) is 9.97 Å². The number of nitrogens with two attached hydrogens (primary N) is 1. The topological polar surface area (TPSA) is 55.0 Å². The SMILES string of the molecule is Nc1ncc(CN2CCCC2)cn1. The molecule has 0 spiro atoms. The maximum atomic E-state index is 5.40. The molecule has 1 aliphatic rings. The van der Waals surface area contributed by atoms with Crippen LogP contribution in [0, 0.1) is 0 Å². The van der Waals surface area contributed by atoms with Crippen LogP contribution in [-0.4, -0.2) is 28.0 Å². The third-order valence-electron chi connectivity index (χ3n) is 2.33. The molecule has 1 aromatic rings. The Hall–Kier alpha value is -1.16. The summed E-state index contributed by atoms with van der Waals surface area (Å²) in [7, 11) is 0. The van der Waals surface area contributed by atoms with Crippen LogP contribution in [0.4, 0.5) is 5.95 Å². The normalized spacial score (nSPS) is 17.8. The van der Waals surface area contributed by atoms with Crippen molar-refractivity contribution in [1.82, 2.24) is 14.9 Å². The molecular weight excluding hydrogens is 164 g/mol. The lowest BCUT2D eigenvalue weighted by molar-refractivity contribution is 0.330. The number of anilines is 1. The van der Waals surface area contributed by atoms with Gasteiger partial charge in [-0.3, -0.25) is 4.90 Å². The van der Waals surface area contributed by atoms with Crippen molar-refractivity contribution in [3.63, 3.8) is 0 Å². The smallest absolute Gasteiger partial charge is 0.219 e. The molecule has 0 bridgehead atoms. The van der Waals surface area contributed by atoms with Crippen LogP contribution in [-0.2, 0) is 6.54 Å². The highest BCUT2D eigenvalue weighted by atomic mass is 15.1. The molecule has 70 valence electrons. The van der Waals surface area contributed by atoms with Crippen LogP contribution >= 0.6 is 0 Å². The molecule has 4 heteroatoms. The van der Waals surface area contributed by atoms with Crippen LogP contribution in [0.3, 0.4) is 0 Å². The van der Waals surface area contributed by atoms with E-state index >= 15 is 0 Å². The average Bonchev–Trinajstić information content (AvgIpc) is 2.62. The minimum Gasteiger partial charge on any atom is -0.368 e. The molecule has 1 aliphatic heterocycles. The predicted molar refractivity (Wildman–Crippen MR) is 51.0 cm³/mol. The highest BCUT2D eigenvalue weighted by Gasteiger charge is 2.11. The fraction of sp³-hybridized carbons (Fsp3) is 0.556. The van der Waals surface area contributed by atoms with E-state index in [-0.39, 0.29) is 0 Å². The van der Waals surface area contributed by atoms with Gasteiger partial charge in [0.2, 0.25) is 5.95 Å². The van der Waals surface area contributed by atoms with Gasteiger partial charge in [-0.15, -0.1) is 0 Å². The molecule has 0 atom stereocenters. The lowest BCUT2D eigenvalue weighted by Crippen LogP contribution is -2.18. The first kappa shape index (κ1) is 8.44. The zero-order valence-electron chi connectivity index (χ0n) is 7.61. The Labute approximate surface area is 77.8 Å². The van der Waals surface area contributed by atoms with Crippen LogP contribution in [0.5, 0.6) is 0 Å². The molecule has 4 nitrogen and oxygen atoms in total. The van der Waals surface area contributed by atoms with Crippen molar-refractivity contribution in [3.05, 3.63) is 18.0 Å². The van der Waals surface area contributed by atoms with E-state index in [1.165, 1.54) is 25.9 Å². The quantitative estimate of drug-likeness (QED) is 0.722. The highest BCUT2D eigenvalue weighted by molar-refractivity contribution is 5.17. The molecule has 1 fully saturated rings. The minimum atomic E-state index is 0.352. The minimum absolute atomic E-state index is 0.352. The van der Waals surface area contributed by atoms with Gasteiger partial charge in [0, 0.05) is 24.5 Å². The summed E-state index contributed by atoms with van der Waals surface area (Å²) in [6, 6.07) is 0. The third-order valence-corrected chi connectivity index (χ3v) is 2.33. The lowest BCUT2D eigenvalue weighted by Gasteiger charge is -2.13. The van der Waals surface area contributed by atoms with E-state index in [1.54, 1.807) is 12.4 Å². The van der Waals surface area contributed by atoms with Crippen LogP contribution in [0.1, 0.15) is 18.4 Å². The summed E-state index contributed by atoms with van der Waals surface area (Å²) in [6.07, 6.45) is 6.24. The van der Waals surface area contributed by atoms with Gasteiger partial charge < -0.3 is 5.73 Å². The number of rotatable bonds is 2. The van der Waals surface area contributed by atoms with Gasteiger partial charge in [-0.1, -0.05) is 0 Å². The first-order valence-corrected chi connectivity index (χ1v) is 4.63. The Morgan fingerprint density at radius 2 is 1.85 bits per heavy atom. The van der Waals surface area contributed by atoms with Crippen LogP contribution in [0.25, 0.3) is 0 Å². The van der Waals surface area contributed by atoms with Crippen molar-refractivity contribution in [1.29, 1.82) is 0 Å². The Bertz CT molecular complexity index is 263. The monoisotopic (exact) mass is 178 g/mol. The average molecular weight is 178 g/mol. The van der Waals surface area contributed by atoms with E-state index < -0.39 is 0 Å². The summed E-state index contributed by atoms with van der Waals surface area (Å²) in [5.74, 6) is 0.352. The van der Waals surface area contributed by atoms with E-state index in [0.29, 0.717) is 5.95 Å². The molecular formula is C9H14N4.